The molecule has 0 saturated heterocycles. The van der Waals surface area contributed by atoms with Gasteiger partial charge in [-0.2, -0.15) is 0 Å². The number of ether oxygens (including phenoxy) is 2. The number of amides is 1. The van der Waals surface area contributed by atoms with Gasteiger partial charge in [0.1, 0.15) is 13.2 Å². The molecule has 4 nitrogen and oxygen atoms in total. The van der Waals surface area contributed by atoms with Gasteiger partial charge in [0, 0.05) is 23.5 Å². The molecule has 1 unspecified atom stereocenters. The minimum atomic E-state index is -0.230. The summed E-state index contributed by atoms with van der Waals surface area (Å²) in [6, 6.07) is 13.4. The summed E-state index contributed by atoms with van der Waals surface area (Å²) >= 11 is 7.70. The van der Waals surface area contributed by atoms with Gasteiger partial charge in [-0.15, -0.1) is 11.8 Å². The molecule has 0 bridgehead atoms. The lowest BCUT2D eigenvalue weighted by Crippen LogP contribution is -2.36. The molecule has 1 amide bonds. The average Bonchev–Trinajstić information content (AvgIpc) is 2.67. The molecule has 6 heteroatoms. The molecule has 3 rings (SSSR count). The Balaban J connectivity index is 1.72. The topological polar surface area (TPSA) is 38.8 Å². The van der Waals surface area contributed by atoms with Crippen LogP contribution in [0.5, 0.6) is 11.5 Å². The molecule has 1 atom stereocenters. The molecule has 1 aliphatic heterocycles. The first-order valence-corrected chi connectivity index (χ1v) is 9.93. The molecule has 0 spiro atoms. The largest absolute Gasteiger partial charge is 0.486 e. The maximum atomic E-state index is 13.0. The zero-order chi connectivity index (χ0) is 18.5. The van der Waals surface area contributed by atoms with Gasteiger partial charge in [-0.05, 0) is 32.0 Å². The molecule has 0 saturated carbocycles. The van der Waals surface area contributed by atoms with E-state index in [-0.39, 0.29) is 11.2 Å². The normalized spacial score (nSPS) is 14.0. The van der Waals surface area contributed by atoms with Crippen LogP contribution in [0.4, 0.5) is 0 Å². The maximum absolute atomic E-state index is 13.0. The van der Waals surface area contributed by atoms with Crippen LogP contribution in [0.2, 0.25) is 5.02 Å². The number of benzene rings is 2. The van der Waals surface area contributed by atoms with Crippen LogP contribution in [-0.2, 0) is 11.3 Å². The Hall–Kier alpha value is -1.85. The van der Waals surface area contributed by atoms with Crippen molar-refractivity contribution in [3.8, 4) is 11.5 Å². The van der Waals surface area contributed by atoms with Crippen molar-refractivity contribution in [1.82, 2.24) is 4.90 Å². The third-order valence-electron chi connectivity index (χ3n) is 4.19. The molecular weight excluding hydrogens is 370 g/mol. The van der Waals surface area contributed by atoms with Crippen molar-refractivity contribution in [2.75, 3.05) is 19.8 Å². The third kappa shape index (κ3) is 4.27. The van der Waals surface area contributed by atoms with Crippen LogP contribution in [-0.4, -0.2) is 35.8 Å². The fourth-order valence-electron chi connectivity index (χ4n) is 2.85. The molecule has 1 heterocycles. The molecule has 1 aliphatic rings. The summed E-state index contributed by atoms with van der Waals surface area (Å²) < 4.78 is 11.4. The van der Waals surface area contributed by atoms with Crippen molar-refractivity contribution >= 4 is 29.3 Å². The second-order valence-corrected chi connectivity index (χ2v) is 7.77. The number of para-hydroxylation sites is 1. The summed E-state index contributed by atoms with van der Waals surface area (Å²) in [6.07, 6.45) is 0. The van der Waals surface area contributed by atoms with Gasteiger partial charge in [-0.1, -0.05) is 35.9 Å². The first-order chi connectivity index (χ1) is 12.6. The van der Waals surface area contributed by atoms with Gasteiger partial charge < -0.3 is 14.4 Å². The van der Waals surface area contributed by atoms with E-state index in [9.17, 15) is 4.79 Å². The number of thioether (sulfide) groups is 1. The highest BCUT2D eigenvalue weighted by atomic mass is 35.5. The number of hydrogen-bond donors (Lipinski definition) is 0. The van der Waals surface area contributed by atoms with Gasteiger partial charge in [0.2, 0.25) is 5.91 Å². The molecule has 138 valence electrons. The first-order valence-electron chi connectivity index (χ1n) is 8.67. The van der Waals surface area contributed by atoms with Crippen molar-refractivity contribution in [1.29, 1.82) is 0 Å². The van der Waals surface area contributed by atoms with Crippen LogP contribution in [0.3, 0.4) is 0 Å². The van der Waals surface area contributed by atoms with E-state index in [4.69, 9.17) is 21.1 Å². The van der Waals surface area contributed by atoms with E-state index >= 15 is 0 Å². The Labute approximate surface area is 163 Å². The first kappa shape index (κ1) is 18.9. The highest BCUT2D eigenvalue weighted by molar-refractivity contribution is 8.00. The number of hydrogen-bond acceptors (Lipinski definition) is 4. The van der Waals surface area contributed by atoms with Crippen LogP contribution in [0.1, 0.15) is 19.4 Å². The van der Waals surface area contributed by atoms with Crippen molar-refractivity contribution in [3.63, 3.8) is 0 Å². The van der Waals surface area contributed by atoms with Crippen LogP contribution in [0, 0.1) is 0 Å². The van der Waals surface area contributed by atoms with E-state index < -0.39 is 0 Å². The Bertz CT molecular complexity index is 783. The molecule has 26 heavy (non-hydrogen) atoms. The summed E-state index contributed by atoms with van der Waals surface area (Å²) in [4.78, 5) is 15.7. The number of halogens is 1. The van der Waals surface area contributed by atoms with Gasteiger partial charge in [0.25, 0.3) is 0 Å². The second kappa shape index (κ2) is 8.69. The number of rotatable bonds is 6. The summed E-state index contributed by atoms with van der Waals surface area (Å²) in [7, 11) is 0. The van der Waals surface area contributed by atoms with Gasteiger partial charge in [-0.25, -0.2) is 0 Å². The highest BCUT2D eigenvalue weighted by Gasteiger charge is 2.24. The number of fused-ring (bicyclic) bond motifs is 1. The Morgan fingerprint density at radius 1 is 1.19 bits per heavy atom. The molecule has 0 aromatic heterocycles. The van der Waals surface area contributed by atoms with Crippen LogP contribution in [0.25, 0.3) is 0 Å². The van der Waals surface area contributed by atoms with Crippen molar-refractivity contribution < 1.29 is 14.3 Å². The van der Waals surface area contributed by atoms with E-state index in [0.29, 0.717) is 31.3 Å². The monoisotopic (exact) mass is 391 g/mol. The Morgan fingerprint density at radius 2 is 1.96 bits per heavy atom. The maximum Gasteiger partial charge on any atom is 0.236 e. The van der Waals surface area contributed by atoms with Crippen molar-refractivity contribution in [3.05, 3.63) is 53.1 Å². The van der Waals surface area contributed by atoms with E-state index in [2.05, 4.69) is 0 Å². The molecule has 0 N–H and O–H groups in total. The predicted molar refractivity (Wildman–Crippen MR) is 105 cm³/mol. The summed E-state index contributed by atoms with van der Waals surface area (Å²) in [5, 5.41) is 0.439. The van der Waals surface area contributed by atoms with E-state index in [1.54, 1.807) is 0 Å². The standard InChI is InChI=1S/C20H22ClNO3S/c1-3-22(13-15-7-6-9-17-19(15)25-12-11-24-17)20(23)14(2)26-18-10-5-4-8-16(18)21/h4-10,14H,3,11-13H2,1-2H3. The van der Waals surface area contributed by atoms with Gasteiger partial charge in [0.15, 0.2) is 11.5 Å². The summed E-state index contributed by atoms with van der Waals surface area (Å²) in [5.74, 6) is 1.57. The lowest BCUT2D eigenvalue weighted by atomic mass is 10.1. The quantitative estimate of drug-likeness (QED) is 0.672. The second-order valence-electron chi connectivity index (χ2n) is 5.98. The lowest BCUT2D eigenvalue weighted by molar-refractivity contribution is -0.130. The summed E-state index contributed by atoms with van der Waals surface area (Å²) in [6.45, 7) is 6.10. The van der Waals surface area contributed by atoms with E-state index in [1.165, 1.54) is 11.8 Å². The molecule has 0 fully saturated rings. The predicted octanol–water partition coefficient (Wildman–Crippen LogP) is 4.64. The number of nitrogens with zero attached hydrogens (tertiary/aromatic N) is 1. The van der Waals surface area contributed by atoms with E-state index in [0.717, 1.165) is 22.0 Å². The smallest absolute Gasteiger partial charge is 0.236 e. The zero-order valence-electron chi connectivity index (χ0n) is 14.9. The van der Waals surface area contributed by atoms with E-state index in [1.807, 2.05) is 61.2 Å². The number of carbonyl (C=O) groups is 1. The minimum absolute atomic E-state index is 0.0757. The van der Waals surface area contributed by atoms with Crippen molar-refractivity contribution in [2.45, 2.75) is 30.5 Å². The van der Waals surface area contributed by atoms with Crippen LogP contribution in [0.15, 0.2) is 47.4 Å². The lowest BCUT2D eigenvalue weighted by Gasteiger charge is -2.27. The third-order valence-corrected chi connectivity index (χ3v) is 5.80. The summed E-state index contributed by atoms with van der Waals surface area (Å²) in [5.41, 5.74) is 0.965. The highest BCUT2D eigenvalue weighted by Crippen LogP contribution is 2.35. The Kier molecular flexibility index (Phi) is 6.33. The fourth-order valence-corrected chi connectivity index (χ4v) is 4.09. The molecule has 0 radical (unpaired) electrons. The molecular formula is C20H22ClNO3S. The van der Waals surface area contributed by atoms with Gasteiger partial charge in [0.05, 0.1) is 10.3 Å². The molecule has 0 aliphatic carbocycles. The molecule has 2 aromatic carbocycles. The fraction of sp³-hybridized carbons (Fsp3) is 0.350. The zero-order valence-corrected chi connectivity index (χ0v) is 16.5. The van der Waals surface area contributed by atoms with Crippen molar-refractivity contribution in [2.24, 2.45) is 0 Å². The Morgan fingerprint density at radius 3 is 2.73 bits per heavy atom. The SMILES string of the molecule is CCN(Cc1cccc2c1OCCO2)C(=O)C(C)Sc1ccccc1Cl. The molecule has 2 aromatic rings. The van der Waals surface area contributed by atoms with Gasteiger partial charge >= 0.3 is 0 Å². The number of carbonyl (C=O) groups excluding carboxylic acids is 1. The average molecular weight is 392 g/mol. The van der Waals surface area contributed by atoms with Crippen LogP contribution < -0.4 is 9.47 Å². The van der Waals surface area contributed by atoms with Gasteiger partial charge in [-0.3, -0.25) is 4.79 Å². The minimum Gasteiger partial charge on any atom is -0.486 e. The van der Waals surface area contributed by atoms with Crippen LogP contribution >= 0.6 is 23.4 Å².